The molecule has 0 unspecified atom stereocenters. The van der Waals surface area contributed by atoms with Crippen LogP contribution >= 0.6 is 0 Å². The minimum atomic E-state index is -4.74. The molecule has 1 fully saturated rings. The van der Waals surface area contributed by atoms with Crippen molar-refractivity contribution in [2.75, 3.05) is 19.0 Å². The number of anilines is 1. The summed E-state index contributed by atoms with van der Waals surface area (Å²) in [5.74, 6) is 0.455. The first-order chi connectivity index (χ1) is 16.5. The number of nitrogens with one attached hydrogen (secondary N) is 1. The van der Waals surface area contributed by atoms with Gasteiger partial charge in [0.25, 0.3) is 11.6 Å². The van der Waals surface area contributed by atoms with Crippen LogP contribution in [0.2, 0.25) is 0 Å². The first kappa shape index (κ1) is 23.3. The van der Waals surface area contributed by atoms with E-state index in [9.17, 15) is 28.1 Å². The molecule has 3 aliphatic rings. The van der Waals surface area contributed by atoms with Crippen molar-refractivity contribution in [3.8, 4) is 0 Å². The molecule has 1 aromatic carbocycles. The number of methoxy groups -OCH3 is 1. The highest BCUT2D eigenvalue weighted by Gasteiger charge is 2.53. The number of ether oxygens (including phenoxy) is 1. The van der Waals surface area contributed by atoms with Crippen LogP contribution < -0.4 is 10.8 Å². The van der Waals surface area contributed by atoms with E-state index < -0.39 is 34.0 Å². The molecule has 2 aliphatic heterocycles. The lowest BCUT2D eigenvalue weighted by Gasteiger charge is -2.21. The Hall–Kier alpha value is -3.48. The van der Waals surface area contributed by atoms with Crippen LogP contribution in [0.4, 0.5) is 24.8 Å². The van der Waals surface area contributed by atoms with Gasteiger partial charge in [-0.15, -0.1) is 0 Å². The van der Waals surface area contributed by atoms with Gasteiger partial charge in [-0.3, -0.25) is 19.9 Å². The van der Waals surface area contributed by atoms with E-state index in [1.165, 1.54) is 7.11 Å². The summed E-state index contributed by atoms with van der Waals surface area (Å²) in [5, 5.41) is 14.4. The zero-order valence-corrected chi connectivity index (χ0v) is 19.1. The van der Waals surface area contributed by atoms with Gasteiger partial charge in [0.05, 0.1) is 29.6 Å². The third-order valence-corrected chi connectivity index (χ3v) is 6.77. The summed E-state index contributed by atoms with van der Waals surface area (Å²) < 4.78 is 47.5. The Morgan fingerprint density at radius 3 is 2.69 bits per heavy atom. The monoisotopic (exact) mass is 492 g/mol. The fourth-order valence-corrected chi connectivity index (χ4v) is 4.63. The molecule has 1 N–H and O–H groups in total. The Balaban J connectivity index is 1.56. The molecule has 3 heterocycles. The summed E-state index contributed by atoms with van der Waals surface area (Å²) in [7, 11) is 1.52. The van der Waals surface area contributed by atoms with E-state index in [0.717, 1.165) is 17.8 Å². The normalized spacial score (nSPS) is 19.2. The molecule has 1 amide bonds. The number of nitrogens with zero attached hydrogens (tertiary/aromatic N) is 5. The number of alkyl halides is 3. The molecule has 0 spiro atoms. The summed E-state index contributed by atoms with van der Waals surface area (Å²) in [5.41, 5.74) is -0.640. The summed E-state index contributed by atoms with van der Waals surface area (Å²) >= 11 is 0. The molecule has 35 heavy (non-hydrogen) atoms. The molecule has 1 aliphatic carbocycles. The Morgan fingerprint density at radius 1 is 1.31 bits per heavy atom. The molecule has 1 aromatic heterocycles. The van der Waals surface area contributed by atoms with E-state index >= 15 is 0 Å². The number of aromatic nitrogens is 2. The van der Waals surface area contributed by atoms with Gasteiger partial charge in [-0.25, -0.2) is 0 Å². The smallest absolute Gasteiger partial charge is 0.368 e. The van der Waals surface area contributed by atoms with Gasteiger partial charge in [-0.05, 0) is 31.4 Å². The lowest BCUT2D eigenvalue weighted by Crippen LogP contribution is -2.38. The number of hydrogen-bond donors (Lipinski definition) is 1. The van der Waals surface area contributed by atoms with Crippen LogP contribution in [0, 0.1) is 10.1 Å². The SMILES string of the molecule is COC1(C(=O)N2Cc3c(n4c(nc3=N[C@H](C)c3cc([N+](=O)[O-])cc(C(F)(F)F)c3)NCC4)C2)CC1. The van der Waals surface area contributed by atoms with Gasteiger partial charge >= 0.3 is 6.18 Å². The molecule has 13 heteroatoms. The van der Waals surface area contributed by atoms with Crippen molar-refractivity contribution in [1.29, 1.82) is 0 Å². The minimum absolute atomic E-state index is 0.0467. The number of amides is 1. The molecule has 0 bridgehead atoms. The molecule has 0 saturated heterocycles. The molecular weight excluding hydrogens is 469 g/mol. The summed E-state index contributed by atoms with van der Waals surface area (Å²) in [6.07, 6.45) is -3.43. The average Bonchev–Trinajstić information content (AvgIpc) is 3.25. The van der Waals surface area contributed by atoms with Crippen LogP contribution in [0.15, 0.2) is 23.2 Å². The lowest BCUT2D eigenvalue weighted by atomic mass is 10.0. The maximum absolute atomic E-state index is 13.4. The maximum Gasteiger partial charge on any atom is 0.416 e. The number of benzene rings is 1. The topological polar surface area (TPSA) is 115 Å². The number of carbonyl (C=O) groups is 1. The second kappa shape index (κ2) is 8.04. The molecule has 0 radical (unpaired) electrons. The quantitative estimate of drug-likeness (QED) is 0.507. The predicted molar refractivity (Wildman–Crippen MR) is 116 cm³/mol. The van der Waals surface area contributed by atoms with Crippen LogP contribution in [0.5, 0.6) is 0 Å². The fraction of sp³-hybridized carbons (Fsp3) is 0.500. The number of nitro groups is 1. The van der Waals surface area contributed by atoms with E-state index in [-0.39, 0.29) is 18.0 Å². The number of non-ortho nitro benzene ring substituents is 1. The highest BCUT2D eigenvalue weighted by atomic mass is 19.4. The second-order valence-corrected chi connectivity index (χ2v) is 9.00. The Morgan fingerprint density at radius 2 is 2.06 bits per heavy atom. The van der Waals surface area contributed by atoms with Crippen LogP contribution in [-0.4, -0.2) is 44.5 Å². The van der Waals surface area contributed by atoms with Crippen LogP contribution in [0.3, 0.4) is 0 Å². The fourth-order valence-electron chi connectivity index (χ4n) is 4.63. The first-order valence-corrected chi connectivity index (χ1v) is 11.1. The van der Waals surface area contributed by atoms with Crippen molar-refractivity contribution in [2.24, 2.45) is 4.99 Å². The third kappa shape index (κ3) is 4.03. The minimum Gasteiger partial charge on any atom is -0.368 e. The zero-order valence-electron chi connectivity index (χ0n) is 19.1. The summed E-state index contributed by atoms with van der Waals surface area (Å²) in [6, 6.07) is 1.62. The molecule has 2 aromatic rings. The molecule has 1 saturated carbocycles. The van der Waals surface area contributed by atoms with Gasteiger partial charge in [-0.1, -0.05) is 0 Å². The molecule has 10 nitrogen and oxygen atoms in total. The van der Waals surface area contributed by atoms with Crippen molar-refractivity contribution in [3.63, 3.8) is 0 Å². The lowest BCUT2D eigenvalue weighted by molar-refractivity contribution is -0.385. The number of fused-ring (bicyclic) bond motifs is 3. The van der Waals surface area contributed by atoms with Crippen molar-refractivity contribution in [2.45, 2.75) is 57.2 Å². The number of hydrogen-bond acceptors (Lipinski definition) is 7. The van der Waals surface area contributed by atoms with Crippen LogP contribution in [-0.2, 0) is 35.3 Å². The number of carbonyl (C=O) groups excluding carboxylic acids is 1. The van der Waals surface area contributed by atoms with E-state index in [0.29, 0.717) is 55.5 Å². The number of rotatable bonds is 5. The van der Waals surface area contributed by atoms with E-state index in [4.69, 9.17) is 4.74 Å². The average molecular weight is 492 g/mol. The summed E-state index contributed by atoms with van der Waals surface area (Å²) in [4.78, 5) is 34.3. The highest BCUT2D eigenvalue weighted by molar-refractivity contribution is 5.88. The van der Waals surface area contributed by atoms with E-state index in [1.807, 2.05) is 4.57 Å². The molecule has 186 valence electrons. The largest absolute Gasteiger partial charge is 0.416 e. The Bertz CT molecular complexity index is 1300. The highest BCUT2D eigenvalue weighted by Crippen LogP contribution is 2.42. The van der Waals surface area contributed by atoms with Crippen LogP contribution in [0.25, 0.3) is 0 Å². The van der Waals surface area contributed by atoms with Crippen molar-refractivity contribution >= 4 is 17.5 Å². The standard InChI is InChI=1S/C22H23F3N6O4/c1-12(13-7-14(22(23,24)25)9-15(8-13)31(33)34)27-18-16-10-29(19(32)21(35-2)3-4-21)11-17(16)30-6-5-26-20(30)28-18/h7-9,12H,3-6,10-11H2,1-2H3,(H,26,27,28)/t12-/m1/s1. The number of nitro benzene ring substituents is 1. The Labute approximate surface area is 197 Å². The first-order valence-electron chi connectivity index (χ1n) is 11.1. The van der Waals surface area contributed by atoms with Crippen molar-refractivity contribution in [1.82, 2.24) is 14.5 Å². The predicted octanol–water partition coefficient (Wildman–Crippen LogP) is 2.92. The Kier molecular flexibility index (Phi) is 5.34. The van der Waals surface area contributed by atoms with Crippen molar-refractivity contribution in [3.05, 3.63) is 56.2 Å². The van der Waals surface area contributed by atoms with E-state index in [1.54, 1.807) is 11.8 Å². The van der Waals surface area contributed by atoms with Gasteiger partial charge in [-0.2, -0.15) is 18.2 Å². The molecular formula is C22H23F3N6O4. The zero-order chi connectivity index (χ0) is 25.1. The second-order valence-electron chi connectivity index (χ2n) is 9.00. The van der Waals surface area contributed by atoms with Gasteiger partial charge in [0.2, 0.25) is 5.95 Å². The maximum atomic E-state index is 13.4. The third-order valence-electron chi connectivity index (χ3n) is 6.77. The van der Waals surface area contributed by atoms with Gasteiger partial charge in [0.1, 0.15) is 5.60 Å². The van der Waals surface area contributed by atoms with E-state index in [2.05, 4.69) is 15.3 Å². The number of halogens is 3. The van der Waals surface area contributed by atoms with Crippen molar-refractivity contribution < 1.29 is 27.6 Å². The van der Waals surface area contributed by atoms with Gasteiger partial charge in [0.15, 0.2) is 5.49 Å². The van der Waals surface area contributed by atoms with Crippen LogP contribution in [0.1, 0.15) is 48.2 Å². The molecule has 1 atom stereocenters. The van der Waals surface area contributed by atoms with Gasteiger partial charge in [0, 0.05) is 43.6 Å². The summed E-state index contributed by atoms with van der Waals surface area (Å²) in [6.45, 7) is 3.47. The van der Waals surface area contributed by atoms with Gasteiger partial charge < -0.3 is 19.5 Å². The molecule has 5 rings (SSSR count).